The first-order valence-electron chi connectivity index (χ1n) is 8.29. The number of nitrogens with one attached hydrogen (secondary N) is 1. The second-order valence-corrected chi connectivity index (χ2v) is 6.60. The fourth-order valence-corrected chi connectivity index (χ4v) is 3.51. The van der Waals surface area contributed by atoms with Crippen molar-refractivity contribution in [1.29, 1.82) is 0 Å². The van der Waals surface area contributed by atoms with Gasteiger partial charge in [-0.1, -0.05) is 11.6 Å². The average molecular weight is 390 g/mol. The third kappa shape index (κ3) is 2.82. The Morgan fingerprint density at radius 3 is 2.96 bits per heavy atom. The Balaban J connectivity index is 1.71. The number of phenols is 1. The first-order valence-corrected chi connectivity index (χ1v) is 8.67. The van der Waals surface area contributed by atoms with Crippen LogP contribution in [0.25, 0.3) is 0 Å². The van der Waals surface area contributed by atoms with Gasteiger partial charge < -0.3 is 24.8 Å². The van der Waals surface area contributed by atoms with Gasteiger partial charge in [-0.25, -0.2) is 4.98 Å². The van der Waals surface area contributed by atoms with Crippen LogP contribution in [0, 0.1) is 0 Å². The van der Waals surface area contributed by atoms with Crippen molar-refractivity contribution in [3.8, 4) is 17.2 Å². The molecule has 0 spiro atoms. The number of phenolic OH excluding ortho intramolecular Hbond substituents is 1. The zero-order chi connectivity index (χ0) is 19.1. The molecule has 0 saturated heterocycles. The Morgan fingerprint density at radius 1 is 1.41 bits per heavy atom. The molecule has 4 rings (SSSR count). The monoisotopic (exact) mass is 389 g/mol. The van der Waals surface area contributed by atoms with Crippen LogP contribution in [0.4, 0.5) is 0 Å². The number of carbonyl (C=O) groups excluding carboxylic acids is 2. The molecule has 0 bridgehead atoms. The van der Waals surface area contributed by atoms with Gasteiger partial charge in [-0.05, 0) is 24.1 Å². The molecule has 0 aliphatic carbocycles. The molecule has 9 heteroatoms. The van der Waals surface area contributed by atoms with E-state index in [4.69, 9.17) is 21.1 Å². The van der Waals surface area contributed by atoms with Crippen LogP contribution < -0.4 is 14.8 Å². The Hall–Kier alpha value is -3.00. The van der Waals surface area contributed by atoms with E-state index in [2.05, 4.69) is 10.3 Å². The lowest BCUT2D eigenvalue weighted by Gasteiger charge is -2.28. The van der Waals surface area contributed by atoms with Crippen LogP contribution in [0.1, 0.15) is 31.8 Å². The molecule has 1 aromatic carbocycles. The summed E-state index contributed by atoms with van der Waals surface area (Å²) in [5, 5.41) is 13.4. The van der Waals surface area contributed by atoms with Crippen molar-refractivity contribution in [2.24, 2.45) is 0 Å². The largest absolute Gasteiger partial charge is 0.504 e. The molecule has 27 heavy (non-hydrogen) atoms. The molecule has 8 nitrogen and oxygen atoms in total. The summed E-state index contributed by atoms with van der Waals surface area (Å²) in [7, 11) is 1.67. The van der Waals surface area contributed by atoms with E-state index in [1.807, 2.05) is 0 Å². The van der Waals surface area contributed by atoms with Gasteiger partial charge in [0.2, 0.25) is 12.5 Å². The molecule has 2 aliphatic heterocycles. The van der Waals surface area contributed by atoms with E-state index < -0.39 is 5.91 Å². The highest BCUT2D eigenvalue weighted by Crippen LogP contribution is 2.48. The van der Waals surface area contributed by atoms with Crippen molar-refractivity contribution in [3.05, 3.63) is 45.7 Å². The molecular formula is C18H16ClN3O5. The Bertz CT molecular complexity index is 962. The molecule has 0 atom stereocenters. The molecule has 0 radical (unpaired) electrons. The second kappa shape index (κ2) is 6.62. The number of nitrogens with zero attached hydrogens (tertiary/aromatic N) is 2. The summed E-state index contributed by atoms with van der Waals surface area (Å²) in [4.78, 5) is 30.4. The van der Waals surface area contributed by atoms with Gasteiger partial charge in [0, 0.05) is 31.9 Å². The maximum absolute atomic E-state index is 12.6. The number of ether oxygens (including phenoxy) is 2. The maximum Gasteiger partial charge on any atom is 0.257 e. The van der Waals surface area contributed by atoms with Crippen LogP contribution >= 0.6 is 11.6 Å². The maximum atomic E-state index is 12.6. The van der Waals surface area contributed by atoms with Crippen molar-refractivity contribution in [2.75, 3.05) is 20.4 Å². The smallest absolute Gasteiger partial charge is 0.257 e. The predicted molar refractivity (Wildman–Crippen MR) is 95.3 cm³/mol. The lowest BCUT2D eigenvalue weighted by atomic mass is 9.91. The molecule has 2 aliphatic rings. The molecule has 2 N–H and O–H groups in total. The molecule has 0 saturated carbocycles. The van der Waals surface area contributed by atoms with Crippen molar-refractivity contribution < 1.29 is 24.2 Å². The SMILES string of the molecule is CN1CCc2c(CNC(=O)c3cccnc3Cl)c3c(c(O)c2C1=O)OCO3. The van der Waals surface area contributed by atoms with E-state index in [1.54, 1.807) is 19.2 Å². The Labute approximate surface area is 159 Å². The summed E-state index contributed by atoms with van der Waals surface area (Å²) in [6.07, 6.45) is 2.02. The van der Waals surface area contributed by atoms with Crippen molar-refractivity contribution >= 4 is 23.4 Å². The van der Waals surface area contributed by atoms with Crippen LogP contribution in [0.15, 0.2) is 18.3 Å². The van der Waals surface area contributed by atoms with Gasteiger partial charge in [-0.2, -0.15) is 0 Å². The highest BCUT2D eigenvalue weighted by molar-refractivity contribution is 6.32. The number of amides is 2. The number of rotatable bonds is 3. The predicted octanol–water partition coefficient (Wildman–Crippen LogP) is 1.73. The van der Waals surface area contributed by atoms with Crippen LogP contribution in [0.3, 0.4) is 0 Å². The zero-order valence-corrected chi connectivity index (χ0v) is 15.2. The van der Waals surface area contributed by atoms with Gasteiger partial charge in [0.15, 0.2) is 11.5 Å². The van der Waals surface area contributed by atoms with E-state index >= 15 is 0 Å². The topological polar surface area (TPSA) is 101 Å². The van der Waals surface area contributed by atoms with Gasteiger partial charge in [0.25, 0.3) is 11.8 Å². The number of aromatic hydroxyl groups is 1. The molecule has 140 valence electrons. The number of likely N-dealkylation sites (N-methyl/N-ethyl adjacent to an activating group) is 1. The molecule has 2 aromatic rings. The summed E-state index contributed by atoms with van der Waals surface area (Å²) in [5.41, 5.74) is 1.70. The number of halogens is 1. The fourth-order valence-electron chi connectivity index (χ4n) is 3.31. The van der Waals surface area contributed by atoms with Crippen LogP contribution in [0.5, 0.6) is 17.2 Å². The third-order valence-corrected chi connectivity index (χ3v) is 4.99. The number of aromatic nitrogens is 1. The molecule has 0 fully saturated rings. The Morgan fingerprint density at radius 2 is 2.19 bits per heavy atom. The minimum Gasteiger partial charge on any atom is -0.504 e. The van der Waals surface area contributed by atoms with Crippen molar-refractivity contribution in [2.45, 2.75) is 13.0 Å². The van der Waals surface area contributed by atoms with E-state index in [0.29, 0.717) is 29.8 Å². The molecule has 3 heterocycles. The number of benzene rings is 1. The van der Waals surface area contributed by atoms with Crippen molar-refractivity contribution in [3.63, 3.8) is 0 Å². The van der Waals surface area contributed by atoms with Crippen LogP contribution in [0.2, 0.25) is 5.15 Å². The number of hydrogen-bond acceptors (Lipinski definition) is 6. The first kappa shape index (κ1) is 17.4. The summed E-state index contributed by atoms with van der Waals surface area (Å²) in [6.45, 7) is 0.529. The Kier molecular flexibility index (Phi) is 4.27. The zero-order valence-electron chi connectivity index (χ0n) is 14.4. The summed E-state index contributed by atoms with van der Waals surface area (Å²) in [6, 6.07) is 3.19. The summed E-state index contributed by atoms with van der Waals surface area (Å²) < 4.78 is 10.8. The van der Waals surface area contributed by atoms with E-state index in [9.17, 15) is 14.7 Å². The van der Waals surface area contributed by atoms with Crippen LogP contribution in [-0.2, 0) is 13.0 Å². The number of fused-ring (bicyclic) bond motifs is 2. The highest BCUT2D eigenvalue weighted by Gasteiger charge is 2.35. The number of carbonyl (C=O) groups is 2. The molecule has 0 unspecified atom stereocenters. The summed E-state index contributed by atoms with van der Waals surface area (Å²) in [5.74, 6) is -0.446. The normalized spacial score (nSPS) is 14.9. The van der Waals surface area contributed by atoms with Gasteiger partial charge in [-0.3, -0.25) is 9.59 Å². The fraction of sp³-hybridized carbons (Fsp3) is 0.278. The van der Waals surface area contributed by atoms with E-state index in [-0.39, 0.29) is 47.0 Å². The third-order valence-electron chi connectivity index (χ3n) is 4.69. The average Bonchev–Trinajstić information content (AvgIpc) is 3.14. The van der Waals surface area contributed by atoms with Gasteiger partial charge in [0.1, 0.15) is 5.15 Å². The number of hydrogen-bond donors (Lipinski definition) is 2. The summed E-state index contributed by atoms with van der Waals surface area (Å²) >= 11 is 5.97. The highest BCUT2D eigenvalue weighted by atomic mass is 35.5. The molecular weight excluding hydrogens is 374 g/mol. The van der Waals surface area contributed by atoms with E-state index in [1.165, 1.54) is 11.1 Å². The van der Waals surface area contributed by atoms with Gasteiger partial charge in [-0.15, -0.1) is 0 Å². The van der Waals surface area contributed by atoms with E-state index in [0.717, 1.165) is 0 Å². The molecule has 1 aromatic heterocycles. The van der Waals surface area contributed by atoms with Gasteiger partial charge >= 0.3 is 0 Å². The molecule has 2 amide bonds. The quantitative estimate of drug-likeness (QED) is 0.775. The minimum absolute atomic E-state index is 0.0643. The number of pyridine rings is 1. The standard InChI is InChI=1S/C18H16ClN3O5/c1-22-6-4-9-11(7-21-17(24)10-3-2-5-20-16(10)19)14-15(27-8-26-14)13(23)12(9)18(22)25/h2-3,5,23H,4,6-8H2,1H3,(H,21,24). The minimum atomic E-state index is -0.401. The first-order chi connectivity index (χ1) is 13.0. The lowest BCUT2D eigenvalue weighted by molar-refractivity contribution is 0.0776. The van der Waals surface area contributed by atoms with Crippen molar-refractivity contribution in [1.82, 2.24) is 15.2 Å². The lowest BCUT2D eigenvalue weighted by Crippen LogP contribution is -2.35. The second-order valence-electron chi connectivity index (χ2n) is 6.25. The van der Waals surface area contributed by atoms with Gasteiger partial charge in [0.05, 0.1) is 11.1 Å². The van der Waals surface area contributed by atoms with Crippen LogP contribution in [-0.4, -0.2) is 47.2 Å².